The lowest BCUT2D eigenvalue weighted by Crippen LogP contribution is -2.58. The molecule has 0 aliphatic heterocycles. The molecule has 0 aromatic heterocycles. The summed E-state index contributed by atoms with van der Waals surface area (Å²) in [6.07, 6.45) is 3.22. The zero-order valence-electron chi connectivity index (χ0n) is 8.94. The van der Waals surface area contributed by atoms with Crippen molar-refractivity contribution in [2.75, 3.05) is 7.11 Å². The Morgan fingerprint density at radius 3 is 2.15 bits per heavy atom. The quantitative estimate of drug-likeness (QED) is 0.582. The highest BCUT2D eigenvalue weighted by Gasteiger charge is 2.75. The van der Waals surface area contributed by atoms with Crippen molar-refractivity contribution in [3.63, 3.8) is 0 Å². The molecule has 2 atom stereocenters. The van der Waals surface area contributed by atoms with Gasteiger partial charge in [0.25, 0.3) is 0 Å². The van der Waals surface area contributed by atoms with Gasteiger partial charge in [-0.3, -0.25) is 4.79 Å². The van der Waals surface area contributed by atoms with Crippen molar-refractivity contribution in [2.45, 2.75) is 40.0 Å². The highest BCUT2D eigenvalue weighted by atomic mass is 16.5. The van der Waals surface area contributed by atoms with Gasteiger partial charge in [-0.1, -0.05) is 20.8 Å². The molecule has 3 saturated carbocycles. The van der Waals surface area contributed by atoms with Gasteiger partial charge in [-0.25, -0.2) is 0 Å². The number of hydrogen-bond acceptors (Lipinski definition) is 2. The Hall–Kier alpha value is -0.530. The van der Waals surface area contributed by atoms with Crippen LogP contribution in [-0.4, -0.2) is 13.1 Å². The molecule has 2 nitrogen and oxygen atoms in total. The fourth-order valence-electron chi connectivity index (χ4n) is 3.49. The second-order valence-electron chi connectivity index (χ2n) is 5.44. The van der Waals surface area contributed by atoms with E-state index in [0.29, 0.717) is 5.41 Å². The largest absolute Gasteiger partial charge is 0.469 e. The van der Waals surface area contributed by atoms with Crippen LogP contribution in [0.5, 0.6) is 0 Å². The van der Waals surface area contributed by atoms with E-state index in [0.717, 1.165) is 12.8 Å². The Morgan fingerprint density at radius 1 is 1.23 bits per heavy atom. The van der Waals surface area contributed by atoms with Crippen LogP contribution in [0.1, 0.15) is 40.0 Å². The van der Waals surface area contributed by atoms with Gasteiger partial charge >= 0.3 is 5.97 Å². The van der Waals surface area contributed by atoms with Gasteiger partial charge in [0.05, 0.1) is 12.5 Å². The zero-order valence-corrected chi connectivity index (χ0v) is 8.94. The summed E-state index contributed by atoms with van der Waals surface area (Å²) in [6.45, 7) is 6.71. The molecule has 3 rings (SSSR count). The molecule has 0 aromatic rings. The lowest BCUT2D eigenvalue weighted by molar-refractivity contribution is -0.187. The van der Waals surface area contributed by atoms with Gasteiger partial charge in [-0.2, -0.15) is 0 Å². The van der Waals surface area contributed by atoms with E-state index in [2.05, 4.69) is 20.8 Å². The molecule has 3 aliphatic rings. The Morgan fingerprint density at radius 2 is 1.85 bits per heavy atom. The van der Waals surface area contributed by atoms with Crippen LogP contribution in [0.3, 0.4) is 0 Å². The number of carbonyl (C=O) groups is 1. The number of carbonyl (C=O) groups excluding carboxylic acids is 1. The molecule has 74 valence electrons. The van der Waals surface area contributed by atoms with E-state index in [-0.39, 0.29) is 16.8 Å². The second-order valence-corrected chi connectivity index (χ2v) is 5.44. The predicted molar refractivity (Wildman–Crippen MR) is 50.2 cm³/mol. The number of methoxy groups -OCH3 is 1. The van der Waals surface area contributed by atoms with Crippen LogP contribution in [-0.2, 0) is 9.53 Å². The van der Waals surface area contributed by atoms with E-state index in [1.807, 2.05) is 0 Å². The summed E-state index contributed by atoms with van der Waals surface area (Å²) in [5, 5.41) is 0. The molecular formula is C11H18O2. The minimum atomic E-state index is -0.156. The van der Waals surface area contributed by atoms with Gasteiger partial charge < -0.3 is 4.74 Å². The van der Waals surface area contributed by atoms with Crippen molar-refractivity contribution in [3.8, 4) is 0 Å². The third-order valence-corrected chi connectivity index (χ3v) is 5.08. The molecule has 0 spiro atoms. The third kappa shape index (κ3) is 0.695. The summed E-state index contributed by atoms with van der Waals surface area (Å²) in [5.41, 5.74) is 0.352. The lowest BCUT2D eigenvalue weighted by Gasteiger charge is -2.59. The van der Waals surface area contributed by atoms with E-state index in [9.17, 15) is 4.79 Å². The molecule has 13 heavy (non-hydrogen) atoms. The van der Waals surface area contributed by atoms with Crippen LogP contribution >= 0.6 is 0 Å². The van der Waals surface area contributed by atoms with Gasteiger partial charge in [0.15, 0.2) is 0 Å². The first-order valence-corrected chi connectivity index (χ1v) is 4.98. The number of esters is 1. The molecule has 3 fully saturated rings. The summed E-state index contributed by atoms with van der Waals surface area (Å²) in [4.78, 5) is 11.7. The fourth-order valence-corrected chi connectivity index (χ4v) is 3.49. The van der Waals surface area contributed by atoms with Crippen molar-refractivity contribution < 1.29 is 9.53 Å². The maximum atomic E-state index is 11.7. The van der Waals surface area contributed by atoms with Crippen LogP contribution in [0.2, 0.25) is 0 Å². The molecule has 2 heteroatoms. The van der Waals surface area contributed by atoms with Crippen LogP contribution in [0.4, 0.5) is 0 Å². The Balaban J connectivity index is 2.35. The summed E-state index contributed by atoms with van der Waals surface area (Å²) in [6, 6.07) is 0. The maximum absolute atomic E-state index is 11.7. The smallest absolute Gasteiger partial charge is 0.312 e. The lowest BCUT2D eigenvalue weighted by atomic mass is 9.44. The Bertz CT molecular complexity index is 269. The van der Waals surface area contributed by atoms with Crippen molar-refractivity contribution in [1.82, 2.24) is 0 Å². The van der Waals surface area contributed by atoms with Gasteiger partial charge in [0, 0.05) is 0 Å². The number of hydrogen-bond donors (Lipinski definition) is 0. The number of rotatable bonds is 1. The van der Waals surface area contributed by atoms with E-state index < -0.39 is 0 Å². The fraction of sp³-hybridized carbons (Fsp3) is 0.909. The summed E-state index contributed by atoms with van der Waals surface area (Å²) in [5.74, 6) is 0.00692. The van der Waals surface area contributed by atoms with E-state index >= 15 is 0 Å². The first-order valence-electron chi connectivity index (χ1n) is 4.98. The molecule has 3 aliphatic carbocycles. The van der Waals surface area contributed by atoms with E-state index in [1.165, 1.54) is 13.5 Å². The Labute approximate surface area is 79.7 Å². The predicted octanol–water partition coefficient (Wildman–Crippen LogP) is 2.38. The van der Waals surface area contributed by atoms with Crippen LogP contribution in [0, 0.1) is 16.2 Å². The van der Waals surface area contributed by atoms with Crippen molar-refractivity contribution in [3.05, 3.63) is 0 Å². The van der Waals surface area contributed by atoms with Gasteiger partial charge in [-0.05, 0) is 30.1 Å². The molecule has 0 unspecified atom stereocenters. The van der Waals surface area contributed by atoms with E-state index in [1.54, 1.807) is 0 Å². The minimum absolute atomic E-state index is 0.00692. The maximum Gasteiger partial charge on any atom is 0.312 e. The van der Waals surface area contributed by atoms with Crippen LogP contribution in [0.15, 0.2) is 0 Å². The van der Waals surface area contributed by atoms with Gasteiger partial charge in [0.2, 0.25) is 0 Å². The first-order chi connectivity index (χ1) is 5.90. The Kier molecular flexibility index (Phi) is 1.46. The molecule has 2 bridgehead atoms. The highest BCUT2D eigenvalue weighted by molar-refractivity contribution is 5.80. The average molecular weight is 182 g/mol. The molecular weight excluding hydrogens is 164 g/mol. The van der Waals surface area contributed by atoms with Crippen LogP contribution < -0.4 is 0 Å². The SMILES string of the molecule is COC(=O)[C@@]12CC[C@](C)(C1)C2(C)C. The normalized spacial score (nSPS) is 45.5. The minimum Gasteiger partial charge on any atom is -0.469 e. The molecule has 0 radical (unpaired) electrons. The summed E-state index contributed by atoms with van der Waals surface area (Å²) >= 11 is 0. The third-order valence-electron chi connectivity index (χ3n) is 5.08. The molecule has 0 saturated heterocycles. The zero-order chi connectivity index (χ0) is 9.91. The molecule has 0 aromatic carbocycles. The standard InChI is InChI=1S/C11H18O2/c1-9(2)10(3)5-6-11(9,7-10)8(12)13-4/h5-7H2,1-4H3/t10-,11-/m1/s1. The summed E-state index contributed by atoms with van der Waals surface area (Å²) in [7, 11) is 1.50. The molecule has 0 N–H and O–H groups in total. The van der Waals surface area contributed by atoms with Crippen LogP contribution in [0.25, 0.3) is 0 Å². The second kappa shape index (κ2) is 2.10. The first kappa shape index (κ1) is 9.04. The molecule has 0 amide bonds. The van der Waals surface area contributed by atoms with Crippen molar-refractivity contribution in [2.24, 2.45) is 16.2 Å². The average Bonchev–Trinajstić information content (AvgIpc) is 2.54. The summed E-state index contributed by atoms with van der Waals surface area (Å²) < 4.78 is 4.92. The number of ether oxygens (including phenoxy) is 1. The van der Waals surface area contributed by atoms with Crippen molar-refractivity contribution in [1.29, 1.82) is 0 Å². The highest BCUT2D eigenvalue weighted by Crippen LogP contribution is 2.77. The van der Waals surface area contributed by atoms with E-state index in [4.69, 9.17) is 4.74 Å². The van der Waals surface area contributed by atoms with Crippen molar-refractivity contribution >= 4 is 5.97 Å². The molecule has 0 heterocycles. The topological polar surface area (TPSA) is 26.3 Å². The number of fused-ring (bicyclic) bond motifs is 1. The van der Waals surface area contributed by atoms with Gasteiger partial charge in [0.1, 0.15) is 0 Å². The van der Waals surface area contributed by atoms with Gasteiger partial charge in [-0.15, -0.1) is 0 Å². The monoisotopic (exact) mass is 182 g/mol.